The van der Waals surface area contributed by atoms with Gasteiger partial charge in [0, 0.05) is 19.3 Å². The van der Waals surface area contributed by atoms with E-state index in [0.717, 1.165) is 29.5 Å². The summed E-state index contributed by atoms with van der Waals surface area (Å²) in [6.07, 6.45) is 3.69. The number of nitrogens with two attached hydrogens (primary N) is 1. The van der Waals surface area contributed by atoms with E-state index in [2.05, 4.69) is 11.8 Å². The molecule has 3 aromatic rings. The zero-order valence-corrected chi connectivity index (χ0v) is 11.5. The van der Waals surface area contributed by atoms with E-state index >= 15 is 0 Å². The van der Waals surface area contributed by atoms with Gasteiger partial charge >= 0.3 is 0 Å². The van der Waals surface area contributed by atoms with Crippen LogP contribution in [0.2, 0.25) is 0 Å². The van der Waals surface area contributed by atoms with Crippen molar-refractivity contribution in [3.8, 4) is 0 Å². The normalized spacial score (nSPS) is 11.1. The summed E-state index contributed by atoms with van der Waals surface area (Å²) in [5.74, 6) is 1.85. The lowest BCUT2D eigenvalue weighted by molar-refractivity contribution is 0.502. The number of hydrogen-bond donors (Lipinski definition) is 1. The maximum atomic E-state index is 5.92. The molecule has 20 heavy (non-hydrogen) atoms. The highest BCUT2D eigenvalue weighted by molar-refractivity contribution is 5.56. The molecule has 0 amide bonds. The summed E-state index contributed by atoms with van der Waals surface area (Å²) in [7, 11) is 0. The second kappa shape index (κ2) is 5.38. The van der Waals surface area contributed by atoms with Crippen LogP contribution >= 0.6 is 0 Å². The van der Waals surface area contributed by atoms with Gasteiger partial charge in [-0.25, -0.2) is 4.98 Å². The Morgan fingerprint density at radius 1 is 1.30 bits per heavy atom. The largest absolute Gasteiger partial charge is 0.467 e. The van der Waals surface area contributed by atoms with Gasteiger partial charge in [-0.05, 0) is 31.2 Å². The number of fused-ring (bicyclic) bond motifs is 1. The molecule has 0 saturated carbocycles. The third-order valence-corrected chi connectivity index (χ3v) is 3.41. The Morgan fingerprint density at radius 2 is 2.20 bits per heavy atom. The van der Waals surface area contributed by atoms with E-state index in [0.29, 0.717) is 13.1 Å². The molecule has 0 saturated heterocycles. The molecule has 0 fully saturated rings. The summed E-state index contributed by atoms with van der Waals surface area (Å²) >= 11 is 0. The highest BCUT2D eigenvalue weighted by Gasteiger charge is 2.17. The molecule has 3 rings (SSSR count). The molecule has 3 aromatic heterocycles. The van der Waals surface area contributed by atoms with E-state index in [1.54, 1.807) is 6.26 Å². The monoisotopic (exact) mass is 270 g/mol. The maximum absolute atomic E-state index is 5.92. The summed E-state index contributed by atoms with van der Waals surface area (Å²) in [6.45, 7) is 4.10. The van der Waals surface area contributed by atoms with Gasteiger partial charge in [-0.1, -0.05) is 6.07 Å². The van der Waals surface area contributed by atoms with Crippen molar-refractivity contribution in [2.45, 2.75) is 20.0 Å². The first-order valence-electron chi connectivity index (χ1n) is 6.76. The minimum Gasteiger partial charge on any atom is -0.467 e. The van der Waals surface area contributed by atoms with Crippen LogP contribution in [0.3, 0.4) is 0 Å². The summed E-state index contributed by atoms with van der Waals surface area (Å²) in [5, 5.41) is 0. The van der Waals surface area contributed by atoms with Gasteiger partial charge in [0.2, 0.25) is 0 Å². The van der Waals surface area contributed by atoms with Crippen molar-refractivity contribution in [2.75, 3.05) is 11.4 Å². The van der Waals surface area contributed by atoms with Gasteiger partial charge in [0.25, 0.3) is 0 Å². The average molecular weight is 270 g/mol. The van der Waals surface area contributed by atoms with Crippen LogP contribution in [-0.2, 0) is 13.1 Å². The molecule has 5 heteroatoms. The second-order valence-corrected chi connectivity index (χ2v) is 4.61. The minimum absolute atomic E-state index is 0.454. The molecule has 5 nitrogen and oxygen atoms in total. The fraction of sp³-hybridized carbons (Fsp3) is 0.267. The topological polar surface area (TPSA) is 59.7 Å². The Bertz CT molecular complexity index is 687. The number of hydrogen-bond acceptors (Lipinski definition) is 4. The van der Waals surface area contributed by atoms with E-state index in [9.17, 15) is 0 Å². The van der Waals surface area contributed by atoms with Crippen molar-refractivity contribution in [3.63, 3.8) is 0 Å². The van der Waals surface area contributed by atoms with Gasteiger partial charge in [0.15, 0.2) is 5.82 Å². The predicted molar refractivity (Wildman–Crippen MR) is 78.5 cm³/mol. The molecular weight excluding hydrogens is 252 g/mol. The molecule has 0 aliphatic rings. The lowest BCUT2D eigenvalue weighted by atomic mass is 10.3. The molecule has 104 valence electrons. The molecule has 0 aliphatic heterocycles. The Labute approximate surface area is 117 Å². The van der Waals surface area contributed by atoms with Crippen molar-refractivity contribution in [2.24, 2.45) is 5.73 Å². The second-order valence-electron chi connectivity index (χ2n) is 4.61. The van der Waals surface area contributed by atoms with Gasteiger partial charge in [0.05, 0.1) is 18.5 Å². The molecular formula is C15H18N4O. The number of rotatable bonds is 5. The van der Waals surface area contributed by atoms with E-state index in [1.807, 2.05) is 40.9 Å². The van der Waals surface area contributed by atoms with E-state index in [-0.39, 0.29) is 0 Å². The van der Waals surface area contributed by atoms with Crippen LogP contribution in [0.5, 0.6) is 0 Å². The number of furan rings is 1. The fourth-order valence-electron chi connectivity index (χ4n) is 2.40. The first-order chi connectivity index (χ1) is 9.83. The van der Waals surface area contributed by atoms with Gasteiger partial charge < -0.3 is 19.5 Å². The maximum Gasteiger partial charge on any atom is 0.152 e. The summed E-state index contributed by atoms with van der Waals surface area (Å²) in [6, 6.07) is 9.83. The van der Waals surface area contributed by atoms with Crippen LogP contribution in [0.1, 0.15) is 18.4 Å². The van der Waals surface area contributed by atoms with Crippen molar-refractivity contribution >= 4 is 11.5 Å². The molecule has 0 atom stereocenters. The summed E-state index contributed by atoms with van der Waals surface area (Å²) in [4.78, 5) is 6.88. The molecule has 0 aromatic carbocycles. The predicted octanol–water partition coefficient (Wildman–Crippen LogP) is 2.41. The first-order valence-corrected chi connectivity index (χ1v) is 6.76. The van der Waals surface area contributed by atoms with E-state index < -0.39 is 0 Å². The van der Waals surface area contributed by atoms with Crippen LogP contribution in [-0.4, -0.2) is 15.9 Å². The Hall–Kier alpha value is -2.27. The lowest BCUT2D eigenvalue weighted by Gasteiger charge is -2.20. The van der Waals surface area contributed by atoms with Crippen LogP contribution in [0.15, 0.2) is 47.2 Å². The third kappa shape index (κ3) is 2.16. The lowest BCUT2D eigenvalue weighted by Crippen LogP contribution is -2.24. The number of nitrogens with zero attached hydrogens (tertiary/aromatic N) is 3. The number of aromatic nitrogens is 2. The quantitative estimate of drug-likeness (QED) is 0.773. The Balaban J connectivity index is 2.02. The molecule has 3 heterocycles. The standard InChI is InChI=1S/C15H18N4O/c1-2-18(11-12-6-5-9-20-12)15-13(10-16)19-8-4-3-7-14(19)17-15/h3-9H,2,10-11,16H2,1H3. The Kier molecular flexibility index (Phi) is 3.43. The summed E-state index contributed by atoms with van der Waals surface area (Å²) in [5.41, 5.74) is 7.86. The molecule has 0 spiro atoms. The van der Waals surface area contributed by atoms with Crippen LogP contribution < -0.4 is 10.6 Å². The van der Waals surface area contributed by atoms with Crippen LogP contribution in [0, 0.1) is 0 Å². The average Bonchev–Trinajstić information content (AvgIpc) is 3.11. The third-order valence-electron chi connectivity index (χ3n) is 3.41. The number of anilines is 1. The highest BCUT2D eigenvalue weighted by atomic mass is 16.3. The Morgan fingerprint density at radius 3 is 2.90 bits per heavy atom. The van der Waals surface area contributed by atoms with Gasteiger partial charge in [-0.15, -0.1) is 0 Å². The summed E-state index contributed by atoms with van der Waals surface area (Å²) < 4.78 is 7.47. The number of pyridine rings is 1. The molecule has 0 aliphatic carbocycles. The van der Waals surface area contributed by atoms with Crippen molar-refractivity contribution in [1.29, 1.82) is 0 Å². The van der Waals surface area contributed by atoms with Crippen LogP contribution in [0.4, 0.5) is 5.82 Å². The zero-order valence-electron chi connectivity index (χ0n) is 11.5. The van der Waals surface area contributed by atoms with Gasteiger partial charge in [-0.2, -0.15) is 0 Å². The smallest absolute Gasteiger partial charge is 0.152 e. The molecule has 0 radical (unpaired) electrons. The fourth-order valence-corrected chi connectivity index (χ4v) is 2.40. The molecule has 0 unspecified atom stereocenters. The van der Waals surface area contributed by atoms with Crippen molar-refractivity contribution in [1.82, 2.24) is 9.38 Å². The number of imidazole rings is 1. The molecule has 2 N–H and O–H groups in total. The van der Waals surface area contributed by atoms with Crippen molar-refractivity contribution < 1.29 is 4.42 Å². The van der Waals surface area contributed by atoms with Gasteiger partial charge in [-0.3, -0.25) is 0 Å². The van der Waals surface area contributed by atoms with Gasteiger partial charge in [0.1, 0.15) is 11.4 Å². The molecule has 0 bridgehead atoms. The zero-order chi connectivity index (χ0) is 13.9. The van der Waals surface area contributed by atoms with E-state index in [4.69, 9.17) is 15.1 Å². The van der Waals surface area contributed by atoms with Crippen molar-refractivity contribution in [3.05, 3.63) is 54.2 Å². The van der Waals surface area contributed by atoms with Crippen LogP contribution in [0.25, 0.3) is 5.65 Å². The van der Waals surface area contributed by atoms with E-state index in [1.165, 1.54) is 0 Å². The first kappa shape index (κ1) is 12.7. The SMILES string of the molecule is CCN(Cc1ccco1)c1nc2ccccn2c1CN. The minimum atomic E-state index is 0.454. The highest BCUT2D eigenvalue weighted by Crippen LogP contribution is 2.23.